The fraction of sp³-hybridized carbons (Fsp3) is 0.278. The van der Waals surface area contributed by atoms with Gasteiger partial charge in [0.15, 0.2) is 0 Å². The lowest BCUT2D eigenvalue weighted by molar-refractivity contribution is -0.134. The van der Waals surface area contributed by atoms with Crippen LogP contribution in [0.2, 0.25) is 0 Å². The molecule has 0 unspecified atom stereocenters. The van der Waals surface area contributed by atoms with Gasteiger partial charge in [-0.3, -0.25) is 4.79 Å². The molecule has 0 saturated heterocycles. The molecule has 134 valence electrons. The Kier molecular flexibility index (Phi) is 4.92. The van der Waals surface area contributed by atoms with Crippen LogP contribution in [0.1, 0.15) is 33.7 Å². The van der Waals surface area contributed by atoms with E-state index in [2.05, 4.69) is 19.8 Å². The zero-order valence-electron chi connectivity index (χ0n) is 14.7. The summed E-state index contributed by atoms with van der Waals surface area (Å²) in [6.45, 7) is 3.80. The van der Waals surface area contributed by atoms with Crippen LogP contribution >= 0.6 is 0 Å². The number of hydrogen-bond acceptors (Lipinski definition) is 7. The van der Waals surface area contributed by atoms with Crippen molar-refractivity contribution in [2.45, 2.75) is 26.7 Å². The Bertz CT molecular complexity index is 963. The topological polar surface area (TPSA) is 95.7 Å². The third-order valence-corrected chi connectivity index (χ3v) is 4.07. The summed E-state index contributed by atoms with van der Waals surface area (Å²) in [6, 6.07) is 6.21. The van der Waals surface area contributed by atoms with E-state index < -0.39 is 5.97 Å². The molecule has 3 rings (SSSR count). The number of carbonyl (C=O) groups is 2. The highest BCUT2D eigenvalue weighted by Gasteiger charge is 2.14. The van der Waals surface area contributed by atoms with Gasteiger partial charge in [0, 0.05) is 11.4 Å². The number of hydrogen-bond donors (Lipinski definition) is 0. The van der Waals surface area contributed by atoms with Crippen molar-refractivity contribution >= 4 is 17.7 Å². The standard InChI is InChI=1S/C18H18N4O4/c1-11-15(12(2)22-18(21-11)19-10-20-22)8-9-16(23)26-14-6-4-13(5-7-14)17(24)25-3/h4-7,10H,8-9H2,1-3H3. The fourth-order valence-corrected chi connectivity index (χ4v) is 2.70. The first-order valence-corrected chi connectivity index (χ1v) is 8.04. The molecule has 1 aromatic carbocycles. The zero-order chi connectivity index (χ0) is 18.7. The summed E-state index contributed by atoms with van der Waals surface area (Å²) >= 11 is 0. The van der Waals surface area contributed by atoms with Gasteiger partial charge in [-0.25, -0.2) is 14.3 Å². The van der Waals surface area contributed by atoms with Gasteiger partial charge in [-0.2, -0.15) is 10.1 Å². The van der Waals surface area contributed by atoms with Crippen LogP contribution in [-0.4, -0.2) is 38.6 Å². The van der Waals surface area contributed by atoms with Gasteiger partial charge in [-0.1, -0.05) is 0 Å². The van der Waals surface area contributed by atoms with Gasteiger partial charge < -0.3 is 9.47 Å². The van der Waals surface area contributed by atoms with Crippen molar-refractivity contribution in [2.24, 2.45) is 0 Å². The minimum Gasteiger partial charge on any atom is -0.465 e. The molecule has 8 heteroatoms. The Morgan fingerprint density at radius 3 is 2.58 bits per heavy atom. The van der Waals surface area contributed by atoms with Crippen LogP contribution in [0.3, 0.4) is 0 Å². The largest absolute Gasteiger partial charge is 0.465 e. The number of esters is 2. The Labute approximate surface area is 149 Å². The fourth-order valence-electron chi connectivity index (χ4n) is 2.70. The lowest BCUT2D eigenvalue weighted by Crippen LogP contribution is -2.12. The van der Waals surface area contributed by atoms with E-state index in [4.69, 9.17) is 4.74 Å². The van der Waals surface area contributed by atoms with Crippen molar-refractivity contribution in [1.82, 2.24) is 19.6 Å². The van der Waals surface area contributed by atoms with Gasteiger partial charge in [0.2, 0.25) is 0 Å². The average molecular weight is 354 g/mol. The van der Waals surface area contributed by atoms with E-state index in [-0.39, 0.29) is 12.4 Å². The van der Waals surface area contributed by atoms with Crippen LogP contribution in [0.5, 0.6) is 5.75 Å². The number of rotatable bonds is 5. The molecule has 0 aliphatic rings. The lowest BCUT2D eigenvalue weighted by Gasteiger charge is -2.10. The normalized spacial score (nSPS) is 10.7. The highest BCUT2D eigenvalue weighted by molar-refractivity contribution is 5.89. The molecular formula is C18H18N4O4. The van der Waals surface area contributed by atoms with E-state index in [9.17, 15) is 9.59 Å². The van der Waals surface area contributed by atoms with Crippen LogP contribution < -0.4 is 4.74 Å². The average Bonchev–Trinajstić information content (AvgIpc) is 3.10. The minimum atomic E-state index is -0.440. The zero-order valence-corrected chi connectivity index (χ0v) is 14.7. The Morgan fingerprint density at radius 1 is 1.15 bits per heavy atom. The van der Waals surface area contributed by atoms with E-state index in [1.165, 1.54) is 13.4 Å². The summed E-state index contributed by atoms with van der Waals surface area (Å²) in [6.07, 6.45) is 2.13. The monoisotopic (exact) mass is 354 g/mol. The smallest absolute Gasteiger partial charge is 0.337 e. The molecule has 0 spiro atoms. The van der Waals surface area contributed by atoms with Gasteiger partial charge in [0.05, 0.1) is 19.1 Å². The number of ether oxygens (including phenoxy) is 2. The first-order valence-electron chi connectivity index (χ1n) is 8.04. The Balaban J connectivity index is 1.65. The number of aryl methyl sites for hydroxylation is 2. The molecule has 2 heterocycles. The third-order valence-electron chi connectivity index (χ3n) is 4.07. The number of methoxy groups -OCH3 is 1. The molecule has 0 bridgehead atoms. The van der Waals surface area contributed by atoms with Crippen LogP contribution in [-0.2, 0) is 16.0 Å². The van der Waals surface area contributed by atoms with E-state index >= 15 is 0 Å². The molecule has 0 saturated carbocycles. The molecule has 0 aliphatic carbocycles. The van der Waals surface area contributed by atoms with Gasteiger partial charge in [-0.15, -0.1) is 0 Å². The SMILES string of the molecule is COC(=O)c1ccc(OC(=O)CCc2c(C)nc3ncnn3c2C)cc1. The Hall–Kier alpha value is -3.29. The number of nitrogens with zero attached hydrogens (tertiary/aromatic N) is 4. The van der Waals surface area contributed by atoms with Crippen molar-refractivity contribution in [3.8, 4) is 5.75 Å². The predicted octanol–water partition coefficient (Wildman–Crippen LogP) is 2.07. The van der Waals surface area contributed by atoms with Crippen molar-refractivity contribution in [2.75, 3.05) is 7.11 Å². The molecule has 0 fully saturated rings. The number of carbonyl (C=O) groups excluding carboxylic acids is 2. The molecule has 0 N–H and O–H groups in total. The summed E-state index contributed by atoms with van der Waals surface area (Å²) in [4.78, 5) is 32.0. The summed E-state index contributed by atoms with van der Waals surface area (Å²) in [5.74, 6) is 0.108. The molecule has 0 aliphatic heterocycles. The van der Waals surface area contributed by atoms with Gasteiger partial charge in [0.1, 0.15) is 12.1 Å². The number of fused-ring (bicyclic) bond motifs is 1. The first-order chi connectivity index (χ1) is 12.5. The highest BCUT2D eigenvalue weighted by Crippen LogP contribution is 2.17. The first kappa shape index (κ1) is 17.5. The van der Waals surface area contributed by atoms with E-state index in [0.717, 1.165) is 17.0 Å². The van der Waals surface area contributed by atoms with E-state index in [1.807, 2.05) is 13.8 Å². The summed E-state index contributed by atoms with van der Waals surface area (Å²) in [7, 11) is 1.31. The quantitative estimate of drug-likeness (QED) is 0.511. The Morgan fingerprint density at radius 2 is 1.88 bits per heavy atom. The van der Waals surface area contributed by atoms with E-state index in [1.54, 1.807) is 28.8 Å². The second kappa shape index (κ2) is 7.30. The highest BCUT2D eigenvalue weighted by atomic mass is 16.5. The maximum absolute atomic E-state index is 12.1. The van der Waals surface area contributed by atoms with Crippen molar-refractivity contribution in [1.29, 1.82) is 0 Å². The lowest BCUT2D eigenvalue weighted by atomic mass is 10.1. The molecular weight excluding hydrogens is 336 g/mol. The van der Waals surface area contributed by atoms with Crippen LogP contribution in [0.15, 0.2) is 30.6 Å². The number of benzene rings is 1. The maximum Gasteiger partial charge on any atom is 0.337 e. The third kappa shape index (κ3) is 3.53. The summed E-state index contributed by atoms with van der Waals surface area (Å²) in [5.41, 5.74) is 3.06. The van der Waals surface area contributed by atoms with Crippen molar-refractivity contribution in [3.05, 3.63) is 53.1 Å². The molecule has 26 heavy (non-hydrogen) atoms. The molecule has 0 atom stereocenters. The van der Waals surface area contributed by atoms with Crippen molar-refractivity contribution < 1.29 is 19.1 Å². The van der Waals surface area contributed by atoms with Crippen LogP contribution in [0.4, 0.5) is 0 Å². The minimum absolute atomic E-state index is 0.197. The maximum atomic E-state index is 12.1. The predicted molar refractivity (Wildman–Crippen MR) is 92.0 cm³/mol. The summed E-state index contributed by atoms with van der Waals surface area (Å²) in [5, 5.41) is 4.13. The summed E-state index contributed by atoms with van der Waals surface area (Å²) < 4.78 is 11.6. The van der Waals surface area contributed by atoms with Gasteiger partial charge in [0.25, 0.3) is 5.78 Å². The number of aromatic nitrogens is 4. The van der Waals surface area contributed by atoms with Gasteiger partial charge in [-0.05, 0) is 50.1 Å². The molecule has 2 aromatic heterocycles. The van der Waals surface area contributed by atoms with E-state index in [0.29, 0.717) is 23.5 Å². The van der Waals surface area contributed by atoms with Crippen LogP contribution in [0.25, 0.3) is 5.78 Å². The second-order valence-electron chi connectivity index (χ2n) is 5.72. The van der Waals surface area contributed by atoms with Crippen molar-refractivity contribution in [3.63, 3.8) is 0 Å². The molecule has 8 nitrogen and oxygen atoms in total. The molecule has 0 radical (unpaired) electrons. The second-order valence-corrected chi connectivity index (χ2v) is 5.72. The van der Waals surface area contributed by atoms with Crippen LogP contribution in [0, 0.1) is 13.8 Å². The molecule has 0 amide bonds. The molecule has 3 aromatic rings. The van der Waals surface area contributed by atoms with Gasteiger partial charge >= 0.3 is 11.9 Å².